The summed E-state index contributed by atoms with van der Waals surface area (Å²) in [5, 5.41) is 0. The number of nitrogens with two attached hydrogens (primary N) is 1. The van der Waals surface area contributed by atoms with Crippen molar-refractivity contribution in [3.63, 3.8) is 0 Å². The maximum absolute atomic E-state index is 13.4. The van der Waals surface area contributed by atoms with Crippen LogP contribution in [0.3, 0.4) is 0 Å². The van der Waals surface area contributed by atoms with E-state index in [1.165, 1.54) is 0 Å². The Labute approximate surface area is 151 Å². The zero-order chi connectivity index (χ0) is 17.1. The van der Waals surface area contributed by atoms with Crippen LogP contribution in [0.4, 0.5) is 22.0 Å². The van der Waals surface area contributed by atoms with E-state index in [0.29, 0.717) is 5.56 Å². The molecule has 0 saturated carbocycles. The fourth-order valence-electron chi connectivity index (χ4n) is 1.80. The molecule has 1 atom stereocenters. The van der Waals surface area contributed by atoms with Crippen LogP contribution >= 0.6 is 24.8 Å². The molecule has 138 valence electrons. The highest BCUT2D eigenvalue weighted by atomic mass is 35.5. The van der Waals surface area contributed by atoms with Crippen LogP contribution in [0, 0.1) is 29.1 Å². The number of halogens is 7. The lowest BCUT2D eigenvalue weighted by molar-refractivity contribution is -0.136. The van der Waals surface area contributed by atoms with Gasteiger partial charge in [-0.15, -0.1) is 24.8 Å². The smallest absolute Gasteiger partial charge is 0.328 e. The first-order valence-corrected chi connectivity index (χ1v) is 6.35. The minimum atomic E-state index is -2.34. The summed E-state index contributed by atoms with van der Waals surface area (Å²) in [7, 11) is 0. The highest BCUT2D eigenvalue weighted by molar-refractivity contribution is 5.85. The van der Waals surface area contributed by atoms with Gasteiger partial charge in [-0.1, -0.05) is 30.3 Å². The lowest BCUT2D eigenvalue weighted by Gasteiger charge is -2.13. The van der Waals surface area contributed by atoms with Crippen molar-refractivity contribution < 1.29 is 31.5 Å². The number of carbonyl (C=O) groups excluding carboxylic acids is 1. The average molecular weight is 404 g/mol. The van der Waals surface area contributed by atoms with Crippen molar-refractivity contribution >= 4 is 30.8 Å². The summed E-state index contributed by atoms with van der Waals surface area (Å²) in [4.78, 5) is 11.7. The Hall–Kier alpha value is -1.90. The summed E-state index contributed by atoms with van der Waals surface area (Å²) in [5.74, 6) is -14.2. The van der Waals surface area contributed by atoms with Crippen molar-refractivity contribution in [1.29, 1.82) is 0 Å². The minimum absolute atomic E-state index is 0. The van der Waals surface area contributed by atoms with Gasteiger partial charge in [0.25, 0.3) is 0 Å². The second-order valence-corrected chi connectivity index (χ2v) is 4.62. The molecule has 0 fully saturated rings. The van der Waals surface area contributed by atoms with E-state index in [1.54, 1.807) is 30.3 Å². The van der Waals surface area contributed by atoms with E-state index in [4.69, 9.17) is 5.73 Å². The fraction of sp³-hybridized carbons (Fsp3) is 0.133. The SMILES string of the molecule is Cl.Cl.N[C@@H](Cc1ccccc1)C(=O)Oc1c(F)c(F)c(F)c(F)c1F. The van der Waals surface area contributed by atoms with Gasteiger partial charge in [0.15, 0.2) is 0 Å². The third kappa shape index (κ3) is 5.04. The molecule has 0 amide bonds. The molecular weight excluding hydrogens is 392 g/mol. The summed E-state index contributed by atoms with van der Waals surface area (Å²) in [5.41, 5.74) is 6.16. The van der Waals surface area contributed by atoms with Gasteiger partial charge in [0.2, 0.25) is 34.8 Å². The number of ether oxygens (including phenoxy) is 1. The van der Waals surface area contributed by atoms with Crippen LogP contribution in [0.2, 0.25) is 0 Å². The van der Waals surface area contributed by atoms with Crippen molar-refractivity contribution in [1.82, 2.24) is 0 Å². The molecule has 0 aliphatic carbocycles. The van der Waals surface area contributed by atoms with Crippen molar-refractivity contribution in [2.24, 2.45) is 5.73 Å². The molecule has 0 saturated heterocycles. The van der Waals surface area contributed by atoms with E-state index in [0.717, 1.165) is 0 Å². The van der Waals surface area contributed by atoms with Gasteiger partial charge in [-0.2, -0.15) is 8.78 Å². The summed E-state index contributed by atoms with van der Waals surface area (Å²) >= 11 is 0. The van der Waals surface area contributed by atoms with E-state index in [1.807, 2.05) is 0 Å². The molecule has 2 N–H and O–H groups in total. The molecule has 2 aromatic carbocycles. The van der Waals surface area contributed by atoms with Crippen LogP contribution < -0.4 is 10.5 Å². The number of carbonyl (C=O) groups is 1. The molecule has 2 aromatic rings. The highest BCUT2D eigenvalue weighted by Crippen LogP contribution is 2.29. The second kappa shape index (κ2) is 9.55. The van der Waals surface area contributed by atoms with E-state index >= 15 is 0 Å². The molecule has 25 heavy (non-hydrogen) atoms. The predicted octanol–water partition coefficient (Wildman–Crippen LogP) is 3.70. The van der Waals surface area contributed by atoms with Gasteiger partial charge >= 0.3 is 5.97 Å². The number of hydrogen-bond acceptors (Lipinski definition) is 3. The Balaban J connectivity index is 0.00000288. The molecule has 0 radical (unpaired) electrons. The fourth-order valence-corrected chi connectivity index (χ4v) is 1.80. The summed E-state index contributed by atoms with van der Waals surface area (Å²) in [6.45, 7) is 0. The van der Waals surface area contributed by atoms with E-state index in [9.17, 15) is 26.7 Å². The second-order valence-electron chi connectivity index (χ2n) is 4.62. The average Bonchev–Trinajstić information content (AvgIpc) is 2.55. The van der Waals surface area contributed by atoms with Gasteiger partial charge in [-0.25, -0.2) is 18.0 Å². The maximum Gasteiger partial charge on any atom is 0.328 e. The zero-order valence-corrected chi connectivity index (χ0v) is 13.9. The normalized spacial score (nSPS) is 11.1. The highest BCUT2D eigenvalue weighted by Gasteiger charge is 2.29. The molecule has 0 heterocycles. The van der Waals surface area contributed by atoms with Crippen molar-refractivity contribution in [2.75, 3.05) is 0 Å². The largest absolute Gasteiger partial charge is 0.419 e. The standard InChI is InChI=1S/C15H10F5NO2.2ClH/c16-9-10(17)12(19)14(13(20)11(9)18)23-15(22)8(21)6-7-4-2-1-3-5-7;;/h1-5,8H,6,21H2;2*1H/t8-;;/m0../s1. The van der Waals surface area contributed by atoms with Crippen LogP contribution in [0.25, 0.3) is 0 Å². The molecular formula is C15H12Cl2F5NO2. The third-order valence-electron chi connectivity index (χ3n) is 2.97. The third-order valence-corrected chi connectivity index (χ3v) is 2.97. The van der Waals surface area contributed by atoms with Crippen LogP contribution in [-0.4, -0.2) is 12.0 Å². The predicted molar refractivity (Wildman–Crippen MR) is 84.5 cm³/mol. The number of esters is 1. The molecule has 0 unspecified atom stereocenters. The first-order valence-electron chi connectivity index (χ1n) is 6.35. The van der Waals surface area contributed by atoms with E-state index in [-0.39, 0.29) is 31.2 Å². The summed E-state index contributed by atoms with van der Waals surface area (Å²) in [6.07, 6.45) is -0.0327. The lowest BCUT2D eigenvalue weighted by Crippen LogP contribution is -2.36. The Morgan fingerprint density at radius 3 is 1.80 bits per heavy atom. The van der Waals surface area contributed by atoms with Gasteiger partial charge < -0.3 is 10.5 Å². The molecule has 0 aliphatic rings. The Morgan fingerprint density at radius 1 is 0.880 bits per heavy atom. The van der Waals surface area contributed by atoms with E-state index in [2.05, 4.69) is 4.74 Å². The Bertz CT molecular complexity index is 717. The summed E-state index contributed by atoms with van der Waals surface area (Å²) < 4.78 is 70.0. The molecule has 10 heteroatoms. The van der Waals surface area contributed by atoms with Gasteiger partial charge in [0.05, 0.1) is 0 Å². The molecule has 0 aromatic heterocycles. The van der Waals surface area contributed by atoms with E-state index < -0.39 is 46.8 Å². The maximum atomic E-state index is 13.4. The topological polar surface area (TPSA) is 52.3 Å². The van der Waals surface area contributed by atoms with Crippen LogP contribution in [-0.2, 0) is 11.2 Å². The lowest BCUT2D eigenvalue weighted by atomic mass is 10.1. The van der Waals surface area contributed by atoms with Crippen LogP contribution in [0.1, 0.15) is 5.56 Å². The zero-order valence-electron chi connectivity index (χ0n) is 12.3. The molecule has 2 rings (SSSR count). The van der Waals surface area contributed by atoms with Gasteiger partial charge in [0.1, 0.15) is 6.04 Å². The monoisotopic (exact) mass is 403 g/mol. The number of benzene rings is 2. The van der Waals surface area contributed by atoms with Crippen molar-refractivity contribution in [3.8, 4) is 5.75 Å². The van der Waals surface area contributed by atoms with Gasteiger partial charge in [-0.05, 0) is 12.0 Å². The Kier molecular flexibility index (Phi) is 8.82. The number of rotatable bonds is 4. The van der Waals surface area contributed by atoms with Gasteiger partial charge in [-0.3, -0.25) is 0 Å². The number of hydrogen-bond donors (Lipinski definition) is 1. The quantitative estimate of drug-likeness (QED) is 0.278. The first kappa shape index (κ1) is 23.1. The van der Waals surface area contributed by atoms with Crippen molar-refractivity contribution in [3.05, 3.63) is 65.0 Å². The molecule has 0 bridgehead atoms. The summed E-state index contributed by atoms with van der Waals surface area (Å²) in [6, 6.07) is 7.03. The molecule has 3 nitrogen and oxygen atoms in total. The van der Waals surface area contributed by atoms with Crippen LogP contribution in [0.5, 0.6) is 5.75 Å². The van der Waals surface area contributed by atoms with Crippen LogP contribution in [0.15, 0.2) is 30.3 Å². The Morgan fingerprint density at radius 2 is 1.32 bits per heavy atom. The molecule has 0 spiro atoms. The van der Waals surface area contributed by atoms with Gasteiger partial charge in [0, 0.05) is 0 Å². The van der Waals surface area contributed by atoms with Crippen molar-refractivity contribution in [2.45, 2.75) is 12.5 Å². The molecule has 0 aliphatic heterocycles. The minimum Gasteiger partial charge on any atom is -0.419 e. The first-order chi connectivity index (χ1) is 10.8.